The molecule has 4 rings (SSSR count). The summed E-state index contributed by atoms with van der Waals surface area (Å²) in [6.07, 6.45) is 1.55. The average Bonchev–Trinajstić information content (AvgIpc) is 2.87. The molecule has 0 fully saturated rings. The molecule has 0 spiro atoms. The first kappa shape index (κ1) is 22.8. The number of aromatic nitrogens is 1. The monoisotopic (exact) mass is 462 g/mol. The van der Waals surface area contributed by atoms with Crippen molar-refractivity contribution in [1.29, 1.82) is 0 Å². The number of carbonyl (C=O) groups excluding carboxylic acids is 1. The zero-order chi connectivity index (χ0) is 24.1. The Morgan fingerprint density at radius 2 is 1.59 bits per heavy atom. The zero-order valence-electron chi connectivity index (χ0n) is 18.9. The molecular formula is C26H23FN2O5. The molecule has 34 heavy (non-hydrogen) atoms. The number of pyridine rings is 1. The van der Waals surface area contributed by atoms with Gasteiger partial charge < -0.3 is 24.3 Å². The molecule has 7 nitrogen and oxygen atoms in total. The number of nitrogens with one attached hydrogen (secondary N) is 1. The SMILES string of the molecule is COc1ccccc1CNC(=O)c1ccc(F)c(Oc2ccnc3cc(OC)c(OC)cc23)c1. The number of para-hydroxylation sites is 1. The normalized spacial score (nSPS) is 10.6. The smallest absolute Gasteiger partial charge is 0.251 e. The lowest BCUT2D eigenvalue weighted by atomic mass is 10.1. The van der Waals surface area contributed by atoms with Crippen LogP contribution in [0.4, 0.5) is 4.39 Å². The number of hydrogen-bond donors (Lipinski definition) is 1. The van der Waals surface area contributed by atoms with Crippen LogP contribution >= 0.6 is 0 Å². The lowest BCUT2D eigenvalue weighted by Gasteiger charge is -2.13. The number of methoxy groups -OCH3 is 3. The summed E-state index contributed by atoms with van der Waals surface area (Å²) in [6.45, 7) is 0.257. The summed E-state index contributed by atoms with van der Waals surface area (Å²) in [5, 5.41) is 3.42. The first-order valence-corrected chi connectivity index (χ1v) is 10.4. The minimum absolute atomic E-state index is 0.0905. The molecule has 1 heterocycles. The van der Waals surface area contributed by atoms with Gasteiger partial charge in [0.1, 0.15) is 11.5 Å². The Kier molecular flexibility index (Phi) is 6.77. The van der Waals surface area contributed by atoms with E-state index in [-0.39, 0.29) is 23.8 Å². The van der Waals surface area contributed by atoms with E-state index < -0.39 is 5.82 Å². The van der Waals surface area contributed by atoms with Gasteiger partial charge in [-0.1, -0.05) is 18.2 Å². The number of hydrogen-bond acceptors (Lipinski definition) is 6. The summed E-state index contributed by atoms with van der Waals surface area (Å²) >= 11 is 0. The predicted octanol–water partition coefficient (Wildman–Crippen LogP) is 5.12. The summed E-state index contributed by atoms with van der Waals surface area (Å²) in [4.78, 5) is 17.0. The van der Waals surface area contributed by atoms with Crippen molar-refractivity contribution < 1.29 is 28.1 Å². The number of halogens is 1. The zero-order valence-corrected chi connectivity index (χ0v) is 18.9. The van der Waals surface area contributed by atoms with Crippen LogP contribution in [-0.2, 0) is 6.54 Å². The Hall–Kier alpha value is -4.33. The van der Waals surface area contributed by atoms with Crippen molar-refractivity contribution in [3.05, 3.63) is 83.8 Å². The van der Waals surface area contributed by atoms with E-state index in [0.717, 1.165) is 5.56 Å². The number of ether oxygens (including phenoxy) is 4. The van der Waals surface area contributed by atoms with Gasteiger partial charge in [-0.15, -0.1) is 0 Å². The summed E-state index contributed by atoms with van der Waals surface area (Å²) in [5.41, 5.74) is 1.66. The maximum Gasteiger partial charge on any atom is 0.251 e. The molecular weight excluding hydrogens is 439 g/mol. The second kappa shape index (κ2) is 10.1. The van der Waals surface area contributed by atoms with Gasteiger partial charge >= 0.3 is 0 Å². The second-order valence-corrected chi connectivity index (χ2v) is 7.28. The van der Waals surface area contributed by atoms with Gasteiger partial charge in [0.05, 0.1) is 26.8 Å². The highest BCUT2D eigenvalue weighted by Crippen LogP contribution is 2.37. The molecule has 0 radical (unpaired) electrons. The first-order chi connectivity index (χ1) is 16.5. The van der Waals surface area contributed by atoms with Crippen molar-refractivity contribution in [3.63, 3.8) is 0 Å². The second-order valence-electron chi connectivity index (χ2n) is 7.28. The minimum Gasteiger partial charge on any atom is -0.496 e. The Morgan fingerprint density at radius 1 is 0.853 bits per heavy atom. The summed E-state index contributed by atoms with van der Waals surface area (Å²) in [7, 11) is 4.62. The number of carbonyl (C=O) groups is 1. The van der Waals surface area contributed by atoms with Gasteiger partial charge in [0.25, 0.3) is 5.91 Å². The van der Waals surface area contributed by atoms with Crippen molar-refractivity contribution in [2.24, 2.45) is 0 Å². The van der Waals surface area contributed by atoms with Crippen LogP contribution in [0.3, 0.4) is 0 Å². The molecule has 174 valence electrons. The van der Waals surface area contributed by atoms with E-state index in [1.165, 1.54) is 32.4 Å². The fourth-order valence-corrected chi connectivity index (χ4v) is 3.50. The molecule has 0 aliphatic heterocycles. The Labute approximate surface area is 196 Å². The molecule has 0 aliphatic carbocycles. The number of fused-ring (bicyclic) bond motifs is 1. The van der Waals surface area contributed by atoms with Crippen molar-refractivity contribution in [2.75, 3.05) is 21.3 Å². The predicted molar refractivity (Wildman–Crippen MR) is 125 cm³/mol. The molecule has 0 saturated heterocycles. The molecule has 1 amide bonds. The van der Waals surface area contributed by atoms with Crippen LogP contribution < -0.4 is 24.3 Å². The summed E-state index contributed by atoms with van der Waals surface area (Å²) in [5.74, 6) is 0.956. The molecule has 0 aliphatic rings. The molecule has 0 atom stereocenters. The van der Waals surface area contributed by atoms with Crippen molar-refractivity contribution in [2.45, 2.75) is 6.54 Å². The molecule has 1 aromatic heterocycles. The number of benzene rings is 3. The van der Waals surface area contributed by atoms with Crippen molar-refractivity contribution in [1.82, 2.24) is 10.3 Å². The van der Waals surface area contributed by atoms with Crippen LogP contribution in [0.5, 0.6) is 28.7 Å². The number of nitrogens with zero attached hydrogens (tertiary/aromatic N) is 1. The van der Waals surface area contributed by atoms with Crippen molar-refractivity contribution >= 4 is 16.8 Å². The van der Waals surface area contributed by atoms with Crippen LogP contribution in [-0.4, -0.2) is 32.2 Å². The third-order valence-electron chi connectivity index (χ3n) is 5.25. The molecule has 3 aromatic carbocycles. The van der Waals surface area contributed by atoms with Gasteiger partial charge in [-0.2, -0.15) is 0 Å². The standard InChI is InChI=1S/C26H23FN2O5/c1-31-21-7-5-4-6-17(21)15-29-26(30)16-8-9-19(27)23(12-16)34-22-10-11-28-20-14-25(33-3)24(32-2)13-18(20)22/h4-14H,15H2,1-3H3,(H,29,30). The van der Waals surface area contributed by atoms with E-state index in [2.05, 4.69) is 10.3 Å². The van der Waals surface area contributed by atoms with Gasteiger partial charge in [0, 0.05) is 35.3 Å². The third-order valence-corrected chi connectivity index (χ3v) is 5.25. The largest absolute Gasteiger partial charge is 0.496 e. The van der Waals surface area contributed by atoms with Crippen LogP contribution in [0.2, 0.25) is 0 Å². The molecule has 4 aromatic rings. The van der Waals surface area contributed by atoms with E-state index in [0.29, 0.717) is 33.9 Å². The quantitative estimate of drug-likeness (QED) is 0.392. The van der Waals surface area contributed by atoms with Crippen LogP contribution in [0, 0.1) is 5.82 Å². The van der Waals surface area contributed by atoms with E-state index in [9.17, 15) is 9.18 Å². The fraction of sp³-hybridized carbons (Fsp3) is 0.154. The Balaban J connectivity index is 1.59. The molecule has 0 unspecified atom stereocenters. The third kappa shape index (κ3) is 4.71. The van der Waals surface area contributed by atoms with E-state index in [4.69, 9.17) is 18.9 Å². The fourth-order valence-electron chi connectivity index (χ4n) is 3.50. The van der Waals surface area contributed by atoms with Crippen LogP contribution in [0.25, 0.3) is 10.9 Å². The maximum absolute atomic E-state index is 14.6. The van der Waals surface area contributed by atoms with Gasteiger partial charge in [-0.25, -0.2) is 4.39 Å². The van der Waals surface area contributed by atoms with Gasteiger partial charge in [-0.05, 0) is 36.4 Å². The topological polar surface area (TPSA) is 78.9 Å². The highest BCUT2D eigenvalue weighted by molar-refractivity contribution is 5.94. The van der Waals surface area contributed by atoms with E-state index in [1.807, 2.05) is 24.3 Å². The van der Waals surface area contributed by atoms with Gasteiger partial charge in [0.15, 0.2) is 23.1 Å². The van der Waals surface area contributed by atoms with Gasteiger partial charge in [-0.3, -0.25) is 9.78 Å². The first-order valence-electron chi connectivity index (χ1n) is 10.4. The van der Waals surface area contributed by atoms with E-state index >= 15 is 0 Å². The maximum atomic E-state index is 14.6. The highest BCUT2D eigenvalue weighted by atomic mass is 19.1. The van der Waals surface area contributed by atoms with E-state index in [1.54, 1.807) is 31.5 Å². The number of rotatable bonds is 8. The lowest BCUT2D eigenvalue weighted by Crippen LogP contribution is -2.23. The summed E-state index contributed by atoms with van der Waals surface area (Å²) < 4.78 is 36.5. The Bertz CT molecular complexity index is 1340. The average molecular weight is 462 g/mol. The number of amides is 1. The Morgan fingerprint density at radius 3 is 2.35 bits per heavy atom. The highest BCUT2D eigenvalue weighted by Gasteiger charge is 2.15. The minimum atomic E-state index is -0.605. The molecule has 8 heteroatoms. The van der Waals surface area contributed by atoms with Crippen LogP contribution in [0.15, 0.2) is 66.9 Å². The van der Waals surface area contributed by atoms with Crippen LogP contribution in [0.1, 0.15) is 15.9 Å². The lowest BCUT2D eigenvalue weighted by molar-refractivity contribution is 0.0950. The molecule has 0 saturated carbocycles. The summed E-state index contributed by atoms with van der Waals surface area (Å²) in [6, 6.07) is 16.4. The van der Waals surface area contributed by atoms with Gasteiger partial charge in [0.2, 0.25) is 0 Å². The molecule has 0 bridgehead atoms. The molecule has 1 N–H and O–H groups in total. The van der Waals surface area contributed by atoms with Crippen molar-refractivity contribution in [3.8, 4) is 28.7 Å².